The van der Waals surface area contributed by atoms with Gasteiger partial charge in [-0.25, -0.2) is 0 Å². The third-order valence-corrected chi connectivity index (χ3v) is 5.64. The van der Waals surface area contributed by atoms with Crippen molar-refractivity contribution >= 4 is 48.2 Å². The van der Waals surface area contributed by atoms with E-state index in [0.717, 1.165) is 38.5 Å². The van der Waals surface area contributed by atoms with E-state index in [9.17, 15) is 4.79 Å². The highest BCUT2D eigenvalue weighted by atomic mass is 35.5. The van der Waals surface area contributed by atoms with E-state index < -0.39 is 0 Å². The summed E-state index contributed by atoms with van der Waals surface area (Å²) in [5.41, 5.74) is 2.62. The lowest BCUT2D eigenvalue weighted by Gasteiger charge is -2.37. The van der Waals surface area contributed by atoms with Crippen molar-refractivity contribution in [1.82, 2.24) is 10.2 Å². The van der Waals surface area contributed by atoms with E-state index in [-0.39, 0.29) is 24.8 Å². The molecule has 2 aliphatic heterocycles. The minimum absolute atomic E-state index is 0. The van der Waals surface area contributed by atoms with Crippen LogP contribution < -0.4 is 10.2 Å². The Labute approximate surface area is 161 Å². The first-order chi connectivity index (χ1) is 10.7. The van der Waals surface area contributed by atoms with Crippen molar-refractivity contribution in [2.24, 2.45) is 0 Å². The molecule has 1 amide bonds. The summed E-state index contributed by atoms with van der Waals surface area (Å²) in [6, 6.07) is 8.86. The molecule has 1 atom stereocenters. The van der Waals surface area contributed by atoms with Crippen LogP contribution in [0.3, 0.4) is 0 Å². The molecule has 136 valence electrons. The molecule has 3 rings (SSSR count). The van der Waals surface area contributed by atoms with Gasteiger partial charge in [0.05, 0.1) is 0 Å². The van der Waals surface area contributed by atoms with Crippen LogP contribution in [0.5, 0.6) is 0 Å². The van der Waals surface area contributed by atoms with E-state index in [2.05, 4.69) is 41.4 Å². The minimum atomic E-state index is 0. The molecule has 0 aromatic heterocycles. The lowest BCUT2D eigenvalue weighted by Crippen LogP contribution is -2.50. The first-order valence-corrected chi connectivity index (χ1v) is 9.29. The number of halogens is 2. The van der Waals surface area contributed by atoms with Crippen LogP contribution >= 0.6 is 36.6 Å². The van der Waals surface area contributed by atoms with Crippen molar-refractivity contribution in [1.29, 1.82) is 0 Å². The molecule has 0 bridgehead atoms. The molecule has 7 heteroatoms. The first-order valence-electron chi connectivity index (χ1n) is 8.13. The number of amides is 1. The second-order valence-electron chi connectivity index (χ2n) is 6.08. The molecule has 2 aliphatic rings. The molecular formula is C17H27Cl2N3OS. The SMILES string of the molecule is Cc1ccccc1N1CCN(C(=O)CC2CSCCN2)CC1.Cl.Cl. The molecule has 0 spiro atoms. The highest BCUT2D eigenvalue weighted by molar-refractivity contribution is 7.99. The molecule has 1 aromatic carbocycles. The summed E-state index contributed by atoms with van der Waals surface area (Å²) in [4.78, 5) is 16.9. The normalized spacial score (nSPS) is 20.8. The number of piperazine rings is 1. The number of nitrogens with one attached hydrogen (secondary N) is 1. The number of carbonyl (C=O) groups excluding carboxylic acids is 1. The summed E-state index contributed by atoms with van der Waals surface area (Å²) in [6.07, 6.45) is 0.650. The van der Waals surface area contributed by atoms with Crippen LogP contribution in [0.1, 0.15) is 12.0 Å². The summed E-state index contributed by atoms with van der Waals surface area (Å²) < 4.78 is 0. The minimum Gasteiger partial charge on any atom is -0.368 e. The van der Waals surface area contributed by atoms with Gasteiger partial charge in [0.1, 0.15) is 0 Å². The molecule has 4 nitrogen and oxygen atoms in total. The standard InChI is InChI=1S/C17H25N3OS.2ClH/c1-14-4-2-3-5-16(14)19-7-9-20(10-8-19)17(21)12-15-13-22-11-6-18-15;;/h2-5,15,18H,6-13H2,1H3;2*1H. The van der Waals surface area contributed by atoms with Crippen molar-refractivity contribution in [2.45, 2.75) is 19.4 Å². The lowest BCUT2D eigenvalue weighted by molar-refractivity contribution is -0.131. The number of benzene rings is 1. The largest absolute Gasteiger partial charge is 0.368 e. The Morgan fingerprint density at radius 2 is 1.92 bits per heavy atom. The van der Waals surface area contributed by atoms with E-state index in [1.807, 2.05) is 16.7 Å². The Kier molecular flexibility index (Phi) is 9.27. The molecule has 24 heavy (non-hydrogen) atoms. The van der Waals surface area contributed by atoms with Crippen molar-refractivity contribution in [3.8, 4) is 0 Å². The smallest absolute Gasteiger partial charge is 0.224 e. The summed E-state index contributed by atoms with van der Waals surface area (Å²) in [7, 11) is 0. The fourth-order valence-electron chi connectivity index (χ4n) is 3.21. The second kappa shape index (κ2) is 10.4. The number of thioether (sulfide) groups is 1. The topological polar surface area (TPSA) is 35.6 Å². The Balaban J connectivity index is 0.00000144. The summed E-state index contributed by atoms with van der Waals surface area (Å²) in [5.74, 6) is 2.54. The maximum absolute atomic E-state index is 12.4. The summed E-state index contributed by atoms with van der Waals surface area (Å²) >= 11 is 1.95. The van der Waals surface area contributed by atoms with Crippen molar-refractivity contribution < 1.29 is 4.79 Å². The van der Waals surface area contributed by atoms with Crippen LogP contribution in [-0.2, 0) is 4.79 Å². The number of rotatable bonds is 3. The van der Waals surface area contributed by atoms with Gasteiger partial charge < -0.3 is 15.1 Å². The molecule has 2 saturated heterocycles. The third kappa shape index (κ3) is 5.45. The van der Waals surface area contributed by atoms with E-state index in [1.165, 1.54) is 17.0 Å². The van der Waals surface area contributed by atoms with Gasteiger partial charge in [0.2, 0.25) is 5.91 Å². The molecule has 1 unspecified atom stereocenters. The van der Waals surface area contributed by atoms with E-state index in [0.29, 0.717) is 18.4 Å². The number of carbonyl (C=O) groups is 1. The van der Waals surface area contributed by atoms with E-state index in [4.69, 9.17) is 0 Å². The summed E-state index contributed by atoms with van der Waals surface area (Å²) in [6.45, 7) is 6.73. The average Bonchev–Trinajstić information content (AvgIpc) is 2.56. The van der Waals surface area contributed by atoms with Crippen molar-refractivity contribution in [3.05, 3.63) is 29.8 Å². The van der Waals surface area contributed by atoms with Gasteiger partial charge in [-0.3, -0.25) is 4.79 Å². The Bertz CT molecular complexity index is 518. The number of nitrogens with zero attached hydrogens (tertiary/aromatic N) is 2. The zero-order valence-electron chi connectivity index (χ0n) is 14.1. The maximum atomic E-state index is 12.4. The van der Waals surface area contributed by atoms with Crippen LogP contribution in [0.4, 0.5) is 5.69 Å². The van der Waals surface area contributed by atoms with Gasteiger partial charge in [0.15, 0.2) is 0 Å². The predicted molar refractivity (Wildman–Crippen MR) is 108 cm³/mol. The molecular weight excluding hydrogens is 365 g/mol. The zero-order chi connectivity index (χ0) is 15.4. The van der Waals surface area contributed by atoms with Gasteiger partial charge in [-0.15, -0.1) is 24.8 Å². The lowest BCUT2D eigenvalue weighted by atomic mass is 10.1. The first kappa shape index (κ1) is 21.4. The molecule has 0 radical (unpaired) electrons. The van der Waals surface area contributed by atoms with Gasteiger partial charge in [-0.05, 0) is 18.6 Å². The van der Waals surface area contributed by atoms with Crippen molar-refractivity contribution in [2.75, 3.05) is 49.1 Å². The molecule has 1 N–H and O–H groups in total. The van der Waals surface area contributed by atoms with Gasteiger partial charge in [0.25, 0.3) is 0 Å². The van der Waals surface area contributed by atoms with Gasteiger partial charge in [-0.1, -0.05) is 18.2 Å². The van der Waals surface area contributed by atoms with Crippen LogP contribution in [0.25, 0.3) is 0 Å². The monoisotopic (exact) mass is 391 g/mol. The van der Waals surface area contributed by atoms with Gasteiger partial charge in [-0.2, -0.15) is 11.8 Å². The van der Waals surface area contributed by atoms with Crippen LogP contribution in [0.15, 0.2) is 24.3 Å². The Morgan fingerprint density at radius 3 is 2.54 bits per heavy atom. The third-order valence-electron chi connectivity index (χ3n) is 4.51. The quantitative estimate of drug-likeness (QED) is 0.858. The molecule has 1 aromatic rings. The second-order valence-corrected chi connectivity index (χ2v) is 7.23. The van der Waals surface area contributed by atoms with Crippen LogP contribution in [0, 0.1) is 6.92 Å². The summed E-state index contributed by atoms with van der Waals surface area (Å²) in [5, 5.41) is 3.45. The van der Waals surface area contributed by atoms with Gasteiger partial charge in [0, 0.05) is 62.4 Å². The predicted octanol–water partition coefficient (Wildman–Crippen LogP) is 2.58. The van der Waals surface area contributed by atoms with E-state index in [1.54, 1.807) is 0 Å². The number of hydrogen-bond donors (Lipinski definition) is 1. The van der Waals surface area contributed by atoms with Crippen LogP contribution in [-0.4, -0.2) is 61.1 Å². The molecule has 0 saturated carbocycles. The number of aryl methyl sites for hydroxylation is 1. The highest BCUT2D eigenvalue weighted by Crippen LogP contribution is 2.21. The Hall–Kier alpha value is -0.620. The molecule has 2 heterocycles. The van der Waals surface area contributed by atoms with E-state index >= 15 is 0 Å². The maximum Gasteiger partial charge on any atom is 0.224 e. The molecule has 2 fully saturated rings. The Morgan fingerprint density at radius 1 is 1.21 bits per heavy atom. The highest BCUT2D eigenvalue weighted by Gasteiger charge is 2.24. The van der Waals surface area contributed by atoms with Gasteiger partial charge >= 0.3 is 0 Å². The fourth-order valence-corrected chi connectivity index (χ4v) is 4.15. The van der Waals surface area contributed by atoms with Crippen LogP contribution in [0.2, 0.25) is 0 Å². The average molecular weight is 392 g/mol. The van der Waals surface area contributed by atoms with Crippen molar-refractivity contribution in [3.63, 3.8) is 0 Å². The zero-order valence-corrected chi connectivity index (χ0v) is 16.5. The number of para-hydroxylation sites is 1. The number of hydrogen-bond acceptors (Lipinski definition) is 4. The molecule has 0 aliphatic carbocycles. The number of anilines is 1. The fraction of sp³-hybridized carbons (Fsp3) is 0.588.